The summed E-state index contributed by atoms with van der Waals surface area (Å²) in [5.41, 5.74) is 2.21. The standard InChI is InChI=1S/C23H37N6O2/c1-5-6-7-11-14-27-17(2)18(3)29-19-20(24-22(27)29)25(4)23(31)28(21(19)30)16-15-26-12-9-8-10-13-26/h19H,5-16H2,1-4H3/q+1. The molecule has 2 saturated heterocycles. The third-order valence-corrected chi connectivity index (χ3v) is 7.15. The number of carbonyl (C=O) groups is 2. The normalized spacial score (nSPS) is 21.5. The van der Waals surface area contributed by atoms with Crippen molar-refractivity contribution in [1.82, 2.24) is 19.3 Å². The fourth-order valence-electron chi connectivity index (χ4n) is 5.10. The molecule has 0 N–H and O–H groups in total. The lowest BCUT2D eigenvalue weighted by Crippen LogP contribution is -2.59. The Kier molecular flexibility index (Phi) is 6.46. The Morgan fingerprint density at radius 1 is 1.03 bits per heavy atom. The number of amidine groups is 1. The van der Waals surface area contributed by atoms with Gasteiger partial charge in [0.25, 0.3) is 5.91 Å². The number of piperidine rings is 1. The number of hydrogen-bond donors (Lipinski definition) is 0. The molecule has 3 amide bonds. The van der Waals surface area contributed by atoms with Crippen molar-refractivity contribution < 1.29 is 14.2 Å². The fraction of sp³-hybridized carbons (Fsp3) is 0.739. The first kappa shape index (κ1) is 22.0. The Hall–Kier alpha value is -2.22. The van der Waals surface area contributed by atoms with Crippen molar-refractivity contribution in [3.05, 3.63) is 11.4 Å². The molecule has 8 heteroatoms. The van der Waals surface area contributed by atoms with Crippen LogP contribution in [0.5, 0.6) is 0 Å². The minimum atomic E-state index is -0.533. The SMILES string of the molecule is CCCCCC[n+]1c(C)c(C)n2c1N=C1C2C(=O)N(CCN2CCCCC2)C(=O)N1C. The minimum Gasteiger partial charge on any atom is -0.302 e. The number of carbonyl (C=O) groups excluding carboxylic acids is 2. The summed E-state index contributed by atoms with van der Waals surface area (Å²) in [7, 11) is 1.74. The van der Waals surface area contributed by atoms with Crippen LogP contribution in [-0.4, -0.2) is 70.3 Å². The van der Waals surface area contributed by atoms with Gasteiger partial charge in [-0.1, -0.05) is 37.6 Å². The van der Waals surface area contributed by atoms with Gasteiger partial charge in [0, 0.05) is 20.1 Å². The minimum absolute atomic E-state index is 0.145. The molecule has 31 heavy (non-hydrogen) atoms. The summed E-state index contributed by atoms with van der Waals surface area (Å²) in [5.74, 6) is 1.22. The van der Waals surface area contributed by atoms with Crippen LogP contribution >= 0.6 is 0 Å². The number of unbranched alkanes of at least 4 members (excludes halogenated alkanes) is 3. The fourth-order valence-corrected chi connectivity index (χ4v) is 5.10. The Morgan fingerprint density at radius 2 is 1.77 bits per heavy atom. The van der Waals surface area contributed by atoms with E-state index in [2.05, 4.69) is 30.2 Å². The molecule has 0 spiro atoms. The van der Waals surface area contributed by atoms with Gasteiger partial charge < -0.3 is 4.90 Å². The van der Waals surface area contributed by atoms with Gasteiger partial charge in [-0.25, -0.2) is 13.9 Å². The molecule has 3 aliphatic rings. The topological polar surface area (TPSA) is 65.0 Å². The zero-order valence-corrected chi connectivity index (χ0v) is 19.6. The highest BCUT2D eigenvalue weighted by atomic mass is 16.2. The molecule has 0 bridgehead atoms. The Bertz CT molecular complexity index is 883. The monoisotopic (exact) mass is 429 g/mol. The smallest absolute Gasteiger partial charge is 0.302 e. The predicted octanol–water partition coefficient (Wildman–Crippen LogP) is 2.94. The van der Waals surface area contributed by atoms with Crippen LogP contribution in [0.4, 0.5) is 10.7 Å². The number of nitrogens with zero attached hydrogens (tertiary/aromatic N) is 6. The first-order chi connectivity index (χ1) is 15.0. The molecule has 4 heterocycles. The van der Waals surface area contributed by atoms with Crippen LogP contribution < -0.4 is 4.57 Å². The van der Waals surface area contributed by atoms with Crippen molar-refractivity contribution in [2.45, 2.75) is 78.3 Å². The summed E-state index contributed by atoms with van der Waals surface area (Å²) in [4.78, 5) is 36.7. The van der Waals surface area contributed by atoms with Crippen molar-refractivity contribution in [1.29, 1.82) is 0 Å². The Morgan fingerprint density at radius 3 is 2.48 bits per heavy atom. The lowest BCUT2D eigenvalue weighted by atomic mass is 10.1. The van der Waals surface area contributed by atoms with Gasteiger partial charge >= 0.3 is 12.0 Å². The molecule has 0 radical (unpaired) electrons. The number of rotatable bonds is 8. The summed E-state index contributed by atoms with van der Waals surface area (Å²) in [6.45, 7) is 10.6. The van der Waals surface area contributed by atoms with Gasteiger partial charge in [0.05, 0.1) is 6.54 Å². The van der Waals surface area contributed by atoms with Gasteiger partial charge in [-0.3, -0.25) is 14.6 Å². The highest BCUT2D eigenvalue weighted by molar-refractivity contribution is 6.20. The molecule has 170 valence electrons. The number of aliphatic imine (C=N–C) groups is 1. The van der Waals surface area contributed by atoms with E-state index in [1.165, 1.54) is 43.4 Å². The Balaban J connectivity index is 1.57. The molecule has 2 fully saturated rings. The number of fused-ring (bicyclic) bond motifs is 3. The number of amides is 3. The van der Waals surface area contributed by atoms with E-state index in [1.807, 2.05) is 4.57 Å². The molecule has 8 nitrogen and oxygen atoms in total. The molecule has 1 aromatic heterocycles. The quantitative estimate of drug-likeness (QED) is 0.471. The Labute approximate surface area is 185 Å². The van der Waals surface area contributed by atoms with Crippen LogP contribution in [0, 0.1) is 13.8 Å². The van der Waals surface area contributed by atoms with E-state index in [4.69, 9.17) is 4.99 Å². The summed E-state index contributed by atoms with van der Waals surface area (Å²) in [5, 5.41) is 0. The second-order valence-electron chi connectivity index (χ2n) is 9.16. The van der Waals surface area contributed by atoms with E-state index in [-0.39, 0.29) is 11.9 Å². The zero-order chi connectivity index (χ0) is 22.1. The van der Waals surface area contributed by atoms with Gasteiger partial charge in [-0.15, -0.1) is 0 Å². The predicted molar refractivity (Wildman–Crippen MR) is 120 cm³/mol. The van der Waals surface area contributed by atoms with Gasteiger partial charge in [0.2, 0.25) is 11.9 Å². The number of hydrogen-bond acceptors (Lipinski definition) is 4. The molecule has 1 atom stereocenters. The van der Waals surface area contributed by atoms with E-state index in [0.29, 0.717) is 12.4 Å². The second-order valence-corrected chi connectivity index (χ2v) is 9.16. The van der Waals surface area contributed by atoms with Crippen LogP contribution in [0.3, 0.4) is 0 Å². The summed E-state index contributed by atoms with van der Waals surface area (Å²) < 4.78 is 4.27. The summed E-state index contributed by atoms with van der Waals surface area (Å²) >= 11 is 0. The lowest BCUT2D eigenvalue weighted by molar-refractivity contribution is -0.689. The van der Waals surface area contributed by atoms with Crippen molar-refractivity contribution in [2.75, 3.05) is 33.2 Å². The molecule has 3 aliphatic heterocycles. The number of imidazole rings is 1. The van der Waals surface area contributed by atoms with Crippen molar-refractivity contribution in [3.63, 3.8) is 0 Å². The molecule has 0 aliphatic carbocycles. The van der Waals surface area contributed by atoms with E-state index in [0.717, 1.165) is 49.9 Å². The number of imide groups is 1. The third kappa shape index (κ3) is 3.90. The molecule has 1 aromatic rings. The van der Waals surface area contributed by atoms with E-state index in [1.54, 1.807) is 11.9 Å². The maximum Gasteiger partial charge on any atom is 0.402 e. The number of aromatic nitrogens is 2. The first-order valence-electron chi connectivity index (χ1n) is 12.0. The van der Waals surface area contributed by atoms with Crippen LogP contribution in [0.1, 0.15) is 69.3 Å². The van der Waals surface area contributed by atoms with Crippen LogP contribution in [-0.2, 0) is 11.3 Å². The maximum absolute atomic E-state index is 13.5. The maximum atomic E-state index is 13.5. The van der Waals surface area contributed by atoms with Crippen LogP contribution in [0.15, 0.2) is 4.99 Å². The van der Waals surface area contributed by atoms with Gasteiger partial charge in [-0.05, 0) is 46.2 Å². The average molecular weight is 430 g/mol. The van der Waals surface area contributed by atoms with E-state index >= 15 is 0 Å². The van der Waals surface area contributed by atoms with Gasteiger partial charge in [0.15, 0.2) is 0 Å². The number of likely N-dealkylation sites (tertiary alicyclic amines) is 1. The van der Waals surface area contributed by atoms with Crippen molar-refractivity contribution in [3.8, 4) is 0 Å². The molecule has 0 saturated carbocycles. The van der Waals surface area contributed by atoms with E-state index < -0.39 is 6.04 Å². The zero-order valence-electron chi connectivity index (χ0n) is 19.6. The van der Waals surface area contributed by atoms with Crippen LogP contribution in [0.2, 0.25) is 0 Å². The highest BCUT2D eigenvalue weighted by Crippen LogP contribution is 2.35. The van der Waals surface area contributed by atoms with Crippen LogP contribution in [0.25, 0.3) is 0 Å². The number of urea groups is 1. The molecular formula is C23H37N6O2+. The highest BCUT2D eigenvalue weighted by Gasteiger charge is 2.54. The average Bonchev–Trinajstić information content (AvgIpc) is 3.27. The lowest BCUT2D eigenvalue weighted by Gasteiger charge is -2.35. The van der Waals surface area contributed by atoms with Crippen molar-refractivity contribution >= 4 is 23.7 Å². The number of likely N-dealkylation sites (N-methyl/N-ethyl adjacent to an activating group) is 1. The summed E-state index contributed by atoms with van der Waals surface area (Å²) in [6.07, 6.45) is 8.39. The van der Waals surface area contributed by atoms with Crippen molar-refractivity contribution in [2.24, 2.45) is 4.99 Å². The summed E-state index contributed by atoms with van der Waals surface area (Å²) in [6, 6.07) is -0.790. The van der Waals surface area contributed by atoms with Gasteiger partial charge in [0.1, 0.15) is 11.4 Å². The molecule has 4 rings (SSSR count). The third-order valence-electron chi connectivity index (χ3n) is 7.15. The van der Waals surface area contributed by atoms with E-state index in [9.17, 15) is 9.59 Å². The molecule has 0 aromatic carbocycles. The molecular weight excluding hydrogens is 392 g/mol. The largest absolute Gasteiger partial charge is 0.402 e. The molecule has 1 unspecified atom stereocenters. The van der Waals surface area contributed by atoms with Gasteiger partial charge in [-0.2, -0.15) is 0 Å². The second kappa shape index (κ2) is 9.10. The first-order valence-corrected chi connectivity index (χ1v) is 12.0.